The summed E-state index contributed by atoms with van der Waals surface area (Å²) in [7, 11) is 1.23. The molecule has 4 N–H and O–H groups in total. The number of rotatable bonds is 5. The molecular formula is C35H55NO8. The number of carbonyl (C=O) groups excluding carboxylic acids is 3. The Bertz CT molecular complexity index is 1230. The van der Waals surface area contributed by atoms with E-state index < -0.39 is 47.3 Å². The molecule has 0 aromatic rings. The normalized spacial score (nSPS) is 48.7. The average molecular weight is 618 g/mol. The van der Waals surface area contributed by atoms with Gasteiger partial charge in [0.05, 0.1) is 30.8 Å². The van der Waals surface area contributed by atoms with Gasteiger partial charge in [-0.3, -0.25) is 9.59 Å². The maximum atomic E-state index is 14.3. The standard InChI is InChI=1S/C35H55NO8/c1-20-11-16-35(29(41)36-23(19-37)28(40)43-8)18-17-31(4)22(27(35)33(20,6)42)9-10-24-30(3)14-13-26(39)34(7,44-21(2)38)25(30)12-15-32(24,31)5/h9,20,23-27,37,39,42H,10-19H2,1-8H3,(H,36,41)/t20-,23?,24?,25?,26+,27?,30-,31-,32-,33-,34+,35+/m1/s1. The van der Waals surface area contributed by atoms with E-state index in [1.165, 1.54) is 14.0 Å². The van der Waals surface area contributed by atoms with Crippen LogP contribution in [-0.4, -0.2) is 70.2 Å². The molecule has 9 heteroatoms. The molecule has 0 aromatic heterocycles. The van der Waals surface area contributed by atoms with Crippen molar-refractivity contribution in [2.75, 3.05) is 13.7 Å². The van der Waals surface area contributed by atoms with Gasteiger partial charge in [-0.15, -0.1) is 0 Å². The van der Waals surface area contributed by atoms with E-state index in [-0.39, 0.29) is 45.9 Å². The van der Waals surface area contributed by atoms with Gasteiger partial charge in [-0.1, -0.05) is 39.3 Å². The highest BCUT2D eigenvalue weighted by Crippen LogP contribution is 2.75. The molecule has 12 atom stereocenters. The van der Waals surface area contributed by atoms with Gasteiger partial charge < -0.3 is 30.1 Å². The molecule has 0 heterocycles. The van der Waals surface area contributed by atoms with Crippen molar-refractivity contribution in [1.82, 2.24) is 5.32 Å². The Balaban J connectivity index is 1.59. The Morgan fingerprint density at radius 3 is 2.30 bits per heavy atom. The number of nitrogens with one attached hydrogen (secondary N) is 1. The summed E-state index contributed by atoms with van der Waals surface area (Å²) < 4.78 is 10.8. The third-order valence-electron chi connectivity index (χ3n) is 14.4. The minimum Gasteiger partial charge on any atom is -0.467 e. The molecule has 5 aliphatic rings. The molecular weight excluding hydrogens is 562 g/mol. The van der Waals surface area contributed by atoms with Gasteiger partial charge >= 0.3 is 11.9 Å². The second-order valence-corrected chi connectivity index (χ2v) is 16.1. The summed E-state index contributed by atoms with van der Waals surface area (Å²) in [6.45, 7) is 13.8. The molecule has 5 rings (SSSR count). The lowest BCUT2D eigenvalue weighted by Gasteiger charge is -2.71. The van der Waals surface area contributed by atoms with Crippen LogP contribution in [0.15, 0.2) is 11.6 Å². The number of ether oxygens (including phenoxy) is 2. The first kappa shape index (κ1) is 33.4. The van der Waals surface area contributed by atoms with Crippen molar-refractivity contribution in [3.63, 3.8) is 0 Å². The fourth-order valence-electron chi connectivity index (χ4n) is 11.6. The molecule has 0 aliphatic heterocycles. The number of esters is 2. The molecule has 0 saturated heterocycles. The Kier molecular flexibility index (Phi) is 8.20. The largest absolute Gasteiger partial charge is 0.467 e. The maximum Gasteiger partial charge on any atom is 0.330 e. The Hall–Kier alpha value is -1.97. The van der Waals surface area contributed by atoms with Gasteiger partial charge in [0, 0.05) is 18.8 Å². The van der Waals surface area contributed by atoms with E-state index in [2.05, 4.69) is 39.1 Å². The third kappa shape index (κ3) is 4.38. The monoisotopic (exact) mass is 617 g/mol. The summed E-state index contributed by atoms with van der Waals surface area (Å²) in [4.78, 5) is 38.9. The van der Waals surface area contributed by atoms with Crippen molar-refractivity contribution in [3.05, 3.63) is 11.6 Å². The maximum absolute atomic E-state index is 14.3. The molecule has 9 nitrogen and oxygen atoms in total. The highest BCUT2D eigenvalue weighted by Gasteiger charge is 2.72. The minimum absolute atomic E-state index is 0.0132. The van der Waals surface area contributed by atoms with Crippen molar-refractivity contribution in [3.8, 4) is 0 Å². The molecule has 0 spiro atoms. The van der Waals surface area contributed by atoms with Gasteiger partial charge in [-0.05, 0) is 99.7 Å². The lowest BCUT2D eigenvalue weighted by atomic mass is 9.33. The van der Waals surface area contributed by atoms with E-state index >= 15 is 0 Å². The first-order valence-corrected chi connectivity index (χ1v) is 16.7. The molecule has 0 bridgehead atoms. The van der Waals surface area contributed by atoms with Crippen LogP contribution < -0.4 is 5.32 Å². The smallest absolute Gasteiger partial charge is 0.330 e. The zero-order chi connectivity index (χ0) is 32.7. The van der Waals surface area contributed by atoms with Crippen LogP contribution in [0.5, 0.6) is 0 Å². The quantitative estimate of drug-likeness (QED) is 0.267. The van der Waals surface area contributed by atoms with E-state index in [0.29, 0.717) is 25.7 Å². The molecule has 1 amide bonds. The number of aliphatic hydroxyl groups is 3. The fraction of sp³-hybridized carbons (Fsp3) is 0.857. The van der Waals surface area contributed by atoms with Gasteiger partial charge in [0.15, 0.2) is 6.04 Å². The molecule has 4 saturated carbocycles. The molecule has 5 aliphatic carbocycles. The first-order valence-electron chi connectivity index (χ1n) is 16.7. The lowest BCUT2D eigenvalue weighted by molar-refractivity contribution is -0.247. The Morgan fingerprint density at radius 2 is 1.68 bits per heavy atom. The van der Waals surface area contributed by atoms with Crippen molar-refractivity contribution >= 4 is 17.8 Å². The molecule has 248 valence electrons. The van der Waals surface area contributed by atoms with Crippen LogP contribution in [-0.2, 0) is 23.9 Å². The van der Waals surface area contributed by atoms with E-state index in [1.54, 1.807) is 0 Å². The molecule has 4 fully saturated rings. The van der Waals surface area contributed by atoms with E-state index in [9.17, 15) is 29.7 Å². The van der Waals surface area contributed by atoms with Gasteiger partial charge in [-0.2, -0.15) is 0 Å². The van der Waals surface area contributed by atoms with Crippen molar-refractivity contribution in [2.24, 2.45) is 45.3 Å². The molecule has 0 aromatic carbocycles. The summed E-state index contributed by atoms with van der Waals surface area (Å²) in [5.41, 5.74) is -2.51. The molecule has 44 heavy (non-hydrogen) atoms. The zero-order valence-corrected chi connectivity index (χ0v) is 28.0. The second-order valence-electron chi connectivity index (χ2n) is 16.1. The fourth-order valence-corrected chi connectivity index (χ4v) is 11.6. The number of hydrogen-bond acceptors (Lipinski definition) is 8. The number of amides is 1. The van der Waals surface area contributed by atoms with Gasteiger partial charge in [0.2, 0.25) is 5.91 Å². The number of aliphatic hydroxyl groups excluding tert-OH is 2. The van der Waals surface area contributed by atoms with Crippen LogP contribution in [0.2, 0.25) is 0 Å². The highest BCUT2D eigenvalue weighted by atomic mass is 16.6. The minimum atomic E-state index is -1.16. The number of carbonyl (C=O) groups is 3. The van der Waals surface area contributed by atoms with Crippen LogP contribution in [0.1, 0.15) is 106 Å². The third-order valence-corrected chi connectivity index (χ3v) is 14.4. The van der Waals surface area contributed by atoms with E-state index in [1.807, 2.05) is 13.8 Å². The van der Waals surface area contributed by atoms with Crippen LogP contribution in [0.25, 0.3) is 0 Å². The SMILES string of the molecule is COC(=O)C(CO)NC(=O)[C@]12CC[C@@H](C)[C@@](C)(O)C1C1=CCC3[C@@]4(C)CC[C@H](O)[C@@](C)(OC(C)=O)C4CC[C@@]3(C)[C@]1(C)CC2. The Labute approximate surface area is 262 Å². The predicted octanol–water partition coefficient (Wildman–Crippen LogP) is 4.07. The number of methoxy groups -OCH3 is 1. The topological polar surface area (TPSA) is 142 Å². The number of allylic oxidation sites excluding steroid dienone is 1. The zero-order valence-electron chi connectivity index (χ0n) is 28.0. The molecule has 4 unspecified atom stereocenters. The average Bonchev–Trinajstić information content (AvgIpc) is 2.95. The van der Waals surface area contributed by atoms with E-state index in [0.717, 1.165) is 37.7 Å². The van der Waals surface area contributed by atoms with Gasteiger partial charge in [0.1, 0.15) is 5.60 Å². The summed E-state index contributed by atoms with van der Waals surface area (Å²) >= 11 is 0. The van der Waals surface area contributed by atoms with Crippen LogP contribution in [0.4, 0.5) is 0 Å². The highest BCUT2D eigenvalue weighted by molar-refractivity contribution is 5.89. The van der Waals surface area contributed by atoms with E-state index in [4.69, 9.17) is 9.47 Å². The Morgan fingerprint density at radius 1 is 1.00 bits per heavy atom. The summed E-state index contributed by atoms with van der Waals surface area (Å²) in [5.74, 6) is -1.57. The second kappa shape index (κ2) is 10.8. The number of hydrogen-bond donors (Lipinski definition) is 4. The summed E-state index contributed by atoms with van der Waals surface area (Å²) in [5, 5.41) is 36.2. The van der Waals surface area contributed by atoms with Crippen LogP contribution >= 0.6 is 0 Å². The van der Waals surface area contributed by atoms with Crippen LogP contribution in [0, 0.1) is 45.3 Å². The van der Waals surface area contributed by atoms with Crippen molar-refractivity contribution < 1.29 is 39.2 Å². The summed E-state index contributed by atoms with van der Waals surface area (Å²) in [6, 6.07) is -1.16. The predicted molar refractivity (Wildman–Crippen MR) is 164 cm³/mol. The number of fused-ring (bicyclic) bond motifs is 7. The molecule has 0 radical (unpaired) electrons. The first-order chi connectivity index (χ1) is 20.4. The summed E-state index contributed by atoms with van der Waals surface area (Å²) in [6.07, 6.45) is 8.08. The van der Waals surface area contributed by atoms with Gasteiger partial charge in [-0.25, -0.2) is 4.79 Å². The van der Waals surface area contributed by atoms with Crippen LogP contribution in [0.3, 0.4) is 0 Å². The lowest BCUT2D eigenvalue weighted by Crippen LogP contribution is -2.70. The van der Waals surface area contributed by atoms with Crippen molar-refractivity contribution in [1.29, 1.82) is 0 Å². The van der Waals surface area contributed by atoms with Gasteiger partial charge in [0.25, 0.3) is 0 Å². The van der Waals surface area contributed by atoms with Crippen molar-refractivity contribution in [2.45, 2.75) is 130 Å².